The fourth-order valence-electron chi connectivity index (χ4n) is 5.45. The van der Waals surface area contributed by atoms with Crippen molar-refractivity contribution in [2.75, 3.05) is 78.7 Å². The Morgan fingerprint density at radius 1 is 0.680 bits per heavy atom. The molecular weight excluding hydrogens is 674 g/mol. The van der Waals surface area contributed by atoms with Gasteiger partial charge in [-0.05, 0) is 29.7 Å². The number of aliphatic carboxylic acids is 3. The summed E-state index contributed by atoms with van der Waals surface area (Å²) in [6.07, 6.45) is 0.560. The SMILES string of the molecule is NS(=O)(=O)c1ccc(CCNC(=O)C(Cc2ccccc2)NC(=O)CN2CCN(CC(=O)O)CCN(CC(=O)O)CCN(CC(=O)O)C2)cc1. The van der Waals surface area contributed by atoms with Crippen LogP contribution < -0.4 is 15.8 Å². The van der Waals surface area contributed by atoms with E-state index < -0.39 is 45.8 Å². The number of nitrogens with zero attached hydrogens (tertiary/aromatic N) is 4. The van der Waals surface area contributed by atoms with Gasteiger partial charge in [0.05, 0.1) is 37.7 Å². The quantitative estimate of drug-likeness (QED) is 0.112. The average Bonchev–Trinajstić information content (AvgIpc) is 3.06. The predicted molar refractivity (Wildman–Crippen MR) is 180 cm³/mol. The monoisotopic (exact) mass is 719 g/mol. The first kappa shape index (κ1) is 40.0. The normalized spacial score (nSPS) is 16.5. The summed E-state index contributed by atoms with van der Waals surface area (Å²) in [7, 11) is -3.84. The number of amides is 2. The standard InChI is InChI=1S/C32H45N7O10S/c33-50(48,49)26-8-6-24(7-9-26)10-11-34-32(47)27(18-25-4-2-1-3-5-25)35-28(40)19-38-16-14-36(20-29(41)42)12-13-37(21-30(43)44)15-17-39(23-38)22-31(45)46/h1-9,27H,10-23H2,(H,34,47)(H,35,40)(H,41,42)(H,43,44)(H,45,46)(H2,33,48,49). The highest BCUT2D eigenvalue weighted by molar-refractivity contribution is 7.89. The Labute approximate surface area is 290 Å². The van der Waals surface area contributed by atoms with Gasteiger partial charge >= 0.3 is 17.9 Å². The number of benzene rings is 2. The van der Waals surface area contributed by atoms with E-state index in [4.69, 9.17) is 5.14 Å². The Morgan fingerprint density at radius 3 is 1.66 bits per heavy atom. The number of primary sulfonamides is 1. The number of nitrogens with two attached hydrogens (primary N) is 1. The van der Waals surface area contributed by atoms with Crippen molar-refractivity contribution >= 4 is 39.7 Å². The molecule has 18 heteroatoms. The first-order chi connectivity index (χ1) is 23.7. The van der Waals surface area contributed by atoms with E-state index >= 15 is 0 Å². The maximum absolute atomic E-state index is 13.5. The lowest BCUT2D eigenvalue weighted by Gasteiger charge is -2.31. The van der Waals surface area contributed by atoms with Crippen LogP contribution in [0.4, 0.5) is 0 Å². The molecule has 1 atom stereocenters. The van der Waals surface area contributed by atoms with Crippen LogP contribution in [0.2, 0.25) is 0 Å². The molecule has 2 aromatic carbocycles. The molecule has 2 aromatic rings. The van der Waals surface area contributed by atoms with E-state index in [1.807, 2.05) is 30.3 Å². The summed E-state index contributed by atoms with van der Waals surface area (Å²) in [6.45, 7) is 0.266. The Kier molecular flexibility index (Phi) is 15.7. The number of sulfonamides is 1. The van der Waals surface area contributed by atoms with Gasteiger partial charge in [0.15, 0.2) is 0 Å². The summed E-state index contributed by atoms with van der Waals surface area (Å²) in [5, 5.41) is 39.1. The van der Waals surface area contributed by atoms with Gasteiger partial charge in [0.2, 0.25) is 21.8 Å². The van der Waals surface area contributed by atoms with Crippen LogP contribution in [0.3, 0.4) is 0 Å². The fraction of sp³-hybridized carbons (Fsp3) is 0.469. The highest BCUT2D eigenvalue weighted by atomic mass is 32.2. The van der Waals surface area contributed by atoms with Crippen molar-refractivity contribution < 1.29 is 47.7 Å². The molecule has 1 heterocycles. The minimum Gasteiger partial charge on any atom is -0.480 e. The second-order valence-corrected chi connectivity index (χ2v) is 13.6. The second-order valence-electron chi connectivity index (χ2n) is 12.0. The summed E-state index contributed by atoms with van der Waals surface area (Å²) >= 11 is 0. The molecule has 3 rings (SSSR count). The van der Waals surface area contributed by atoms with E-state index in [9.17, 15) is 47.7 Å². The van der Waals surface area contributed by atoms with Crippen LogP contribution in [0.15, 0.2) is 59.5 Å². The Bertz CT molecular complexity index is 1560. The van der Waals surface area contributed by atoms with Crippen molar-refractivity contribution in [2.24, 2.45) is 5.14 Å². The van der Waals surface area contributed by atoms with E-state index in [1.54, 1.807) is 31.7 Å². The first-order valence-corrected chi connectivity index (χ1v) is 17.5. The lowest BCUT2D eigenvalue weighted by molar-refractivity contribution is -0.140. The Morgan fingerprint density at radius 2 is 1.16 bits per heavy atom. The van der Waals surface area contributed by atoms with Crippen molar-refractivity contribution in [2.45, 2.75) is 23.8 Å². The highest BCUT2D eigenvalue weighted by Crippen LogP contribution is 2.10. The number of hydrogen-bond acceptors (Lipinski definition) is 11. The van der Waals surface area contributed by atoms with Gasteiger partial charge in [0, 0.05) is 52.2 Å². The van der Waals surface area contributed by atoms with Gasteiger partial charge in [0.25, 0.3) is 0 Å². The third-order valence-corrected chi connectivity index (χ3v) is 8.87. The molecule has 50 heavy (non-hydrogen) atoms. The molecule has 1 aliphatic rings. The van der Waals surface area contributed by atoms with Crippen LogP contribution >= 0.6 is 0 Å². The smallest absolute Gasteiger partial charge is 0.317 e. The topological polar surface area (TPSA) is 243 Å². The molecule has 7 N–H and O–H groups in total. The summed E-state index contributed by atoms with van der Waals surface area (Å²) in [4.78, 5) is 68.0. The summed E-state index contributed by atoms with van der Waals surface area (Å²) in [6, 6.07) is 14.1. The van der Waals surface area contributed by atoms with Gasteiger partial charge in [-0.2, -0.15) is 0 Å². The number of carbonyl (C=O) groups excluding carboxylic acids is 2. The zero-order chi connectivity index (χ0) is 36.7. The van der Waals surface area contributed by atoms with E-state index in [0.717, 1.165) is 11.1 Å². The van der Waals surface area contributed by atoms with E-state index in [-0.39, 0.29) is 90.0 Å². The molecule has 1 aliphatic heterocycles. The molecule has 1 fully saturated rings. The van der Waals surface area contributed by atoms with E-state index in [1.165, 1.54) is 12.1 Å². The first-order valence-electron chi connectivity index (χ1n) is 16.0. The molecule has 0 bridgehead atoms. The van der Waals surface area contributed by atoms with Crippen molar-refractivity contribution in [3.05, 3.63) is 65.7 Å². The van der Waals surface area contributed by atoms with Crippen molar-refractivity contribution in [3.8, 4) is 0 Å². The summed E-state index contributed by atoms with van der Waals surface area (Å²) in [5.41, 5.74) is 1.56. The molecule has 0 spiro atoms. The minimum atomic E-state index is -3.84. The molecule has 17 nitrogen and oxygen atoms in total. The predicted octanol–water partition coefficient (Wildman–Crippen LogP) is -1.85. The van der Waals surface area contributed by atoms with Crippen LogP contribution in [0.1, 0.15) is 11.1 Å². The lowest BCUT2D eigenvalue weighted by Crippen LogP contribution is -2.53. The van der Waals surface area contributed by atoms with E-state index in [2.05, 4.69) is 10.6 Å². The van der Waals surface area contributed by atoms with Gasteiger partial charge < -0.3 is 26.0 Å². The zero-order valence-electron chi connectivity index (χ0n) is 27.6. The lowest BCUT2D eigenvalue weighted by atomic mass is 10.0. The van der Waals surface area contributed by atoms with Crippen LogP contribution in [0, 0.1) is 0 Å². The van der Waals surface area contributed by atoms with Crippen LogP contribution in [0.25, 0.3) is 0 Å². The van der Waals surface area contributed by atoms with Gasteiger partial charge in [-0.15, -0.1) is 0 Å². The Hall–Kier alpha value is -4.46. The number of nitrogens with one attached hydrogen (secondary N) is 2. The van der Waals surface area contributed by atoms with Crippen molar-refractivity contribution in [1.82, 2.24) is 30.2 Å². The zero-order valence-corrected chi connectivity index (χ0v) is 28.5. The van der Waals surface area contributed by atoms with Gasteiger partial charge in [-0.1, -0.05) is 42.5 Å². The molecular formula is C32H45N7O10S. The summed E-state index contributed by atoms with van der Waals surface area (Å²) in [5.74, 6) is -4.21. The van der Waals surface area contributed by atoms with Crippen LogP contribution in [-0.2, 0) is 46.8 Å². The molecule has 2 amide bonds. The van der Waals surface area contributed by atoms with Gasteiger partial charge in [0.1, 0.15) is 6.04 Å². The maximum Gasteiger partial charge on any atom is 0.317 e. The molecule has 0 aliphatic carbocycles. The number of rotatable bonds is 16. The van der Waals surface area contributed by atoms with Crippen LogP contribution in [0.5, 0.6) is 0 Å². The number of carboxylic acid groups (broad SMARTS) is 3. The third-order valence-electron chi connectivity index (χ3n) is 7.94. The fourth-order valence-corrected chi connectivity index (χ4v) is 5.96. The molecule has 1 unspecified atom stereocenters. The summed E-state index contributed by atoms with van der Waals surface area (Å²) < 4.78 is 23.1. The maximum atomic E-state index is 13.5. The van der Waals surface area contributed by atoms with Crippen LogP contribution in [-0.4, -0.2) is 158 Å². The highest BCUT2D eigenvalue weighted by Gasteiger charge is 2.25. The number of hydrogen-bond donors (Lipinski definition) is 6. The second kappa shape index (κ2) is 19.7. The molecule has 0 radical (unpaired) electrons. The largest absolute Gasteiger partial charge is 0.480 e. The molecule has 1 saturated heterocycles. The minimum absolute atomic E-state index is 0.0152. The third kappa shape index (κ3) is 15.0. The number of carbonyl (C=O) groups is 5. The number of carboxylic acids is 3. The van der Waals surface area contributed by atoms with Crippen molar-refractivity contribution in [3.63, 3.8) is 0 Å². The molecule has 0 saturated carbocycles. The average molecular weight is 720 g/mol. The molecule has 274 valence electrons. The van der Waals surface area contributed by atoms with Gasteiger partial charge in [-0.3, -0.25) is 43.6 Å². The van der Waals surface area contributed by atoms with E-state index in [0.29, 0.717) is 6.42 Å². The van der Waals surface area contributed by atoms with Gasteiger partial charge in [-0.25, -0.2) is 13.6 Å². The molecule has 0 aromatic heterocycles. The van der Waals surface area contributed by atoms with Crippen molar-refractivity contribution in [1.29, 1.82) is 0 Å². The Balaban J connectivity index is 1.73.